The van der Waals surface area contributed by atoms with Crippen molar-refractivity contribution in [2.45, 2.75) is 20.8 Å². The molecule has 3 N–H and O–H groups in total. The van der Waals surface area contributed by atoms with Crippen LogP contribution in [-0.4, -0.2) is 28.0 Å². The average Bonchev–Trinajstić information content (AvgIpc) is 2.44. The molecule has 0 aliphatic heterocycles. The molecule has 0 saturated heterocycles. The molecular weight excluding hydrogens is 288 g/mol. The van der Waals surface area contributed by atoms with Crippen molar-refractivity contribution in [2.24, 2.45) is 0 Å². The van der Waals surface area contributed by atoms with Crippen LogP contribution >= 0.6 is 11.6 Å². The van der Waals surface area contributed by atoms with Crippen molar-refractivity contribution >= 4 is 35.1 Å². The molecule has 0 amide bonds. The SMILES string of the molecule is CCN(CC)c1nc(N)nc(Nc2c(C)cccc2Cl)n1. The van der Waals surface area contributed by atoms with Gasteiger partial charge in [0.2, 0.25) is 17.8 Å². The van der Waals surface area contributed by atoms with Gasteiger partial charge in [-0.15, -0.1) is 0 Å². The van der Waals surface area contributed by atoms with Crippen molar-refractivity contribution in [3.05, 3.63) is 28.8 Å². The van der Waals surface area contributed by atoms with E-state index in [4.69, 9.17) is 17.3 Å². The Morgan fingerprint density at radius 1 is 1.19 bits per heavy atom. The van der Waals surface area contributed by atoms with E-state index in [2.05, 4.69) is 20.3 Å². The summed E-state index contributed by atoms with van der Waals surface area (Å²) in [7, 11) is 0. The molecule has 1 heterocycles. The normalized spacial score (nSPS) is 10.5. The van der Waals surface area contributed by atoms with Crippen LogP contribution in [0, 0.1) is 6.92 Å². The van der Waals surface area contributed by atoms with E-state index >= 15 is 0 Å². The number of rotatable bonds is 5. The van der Waals surface area contributed by atoms with Crippen molar-refractivity contribution < 1.29 is 0 Å². The fourth-order valence-electron chi connectivity index (χ4n) is 1.99. The number of anilines is 4. The number of halogens is 1. The van der Waals surface area contributed by atoms with Crippen LogP contribution in [0.5, 0.6) is 0 Å². The van der Waals surface area contributed by atoms with Gasteiger partial charge >= 0.3 is 0 Å². The first kappa shape index (κ1) is 15.3. The maximum Gasteiger partial charge on any atom is 0.233 e. The Labute approximate surface area is 129 Å². The minimum atomic E-state index is 0.180. The molecule has 0 atom stereocenters. The molecule has 7 heteroatoms. The zero-order chi connectivity index (χ0) is 15.4. The van der Waals surface area contributed by atoms with Gasteiger partial charge in [-0.1, -0.05) is 23.7 Å². The zero-order valence-corrected chi connectivity index (χ0v) is 13.1. The first-order valence-corrected chi connectivity index (χ1v) is 7.21. The van der Waals surface area contributed by atoms with Crippen LogP contribution in [0.1, 0.15) is 19.4 Å². The fourth-order valence-corrected chi connectivity index (χ4v) is 2.26. The lowest BCUT2D eigenvalue weighted by Gasteiger charge is -2.19. The molecule has 0 fully saturated rings. The van der Waals surface area contributed by atoms with Gasteiger partial charge < -0.3 is 16.0 Å². The highest BCUT2D eigenvalue weighted by atomic mass is 35.5. The van der Waals surface area contributed by atoms with Crippen molar-refractivity contribution in [2.75, 3.05) is 29.0 Å². The van der Waals surface area contributed by atoms with Crippen molar-refractivity contribution in [1.82, 2.24) is 15.0 Å². The number of nitrogens with two attached hydrogens (primary N) is 1. The molecule has 0 aliphatic carbocycles. The second-order valence-electron chi connectivity index (χ2n) is 4.55. The van der Waals surface area contributed by atoms with Crippen LogP contribution < -0.4 is 16.0 Å². The maximum absolute atomic E-state index is 6.20. The third-order valence-corrected chi connectivity index (χ3v) is 3.46. The molecule has 0 unspecified atom stereocenters. The van der Waals surface area contributed by atoms with Gasteiger partial charge in [0.25, 0.3) is 0 Å². The number of benzene rings is 1. The zero-order valence-electron chi connectivity index (χ0n) is 12.4. The highest BCUT2D eigenvalue weighted by Crippen LogP contribution is 2.28. The molecule has 1 aromatic heterocycles. The van der Waals surface area contributed by atoms with Gasteiger partial charge in [-0.05, 0) is 32.4 Å². The van der Waals surface area contributed by atoms with Crippen molar-refractivity contribution in [3.8, 4) is 0 Å². The predicted octanol–water partition coefficient (Wildman–Crippen LogP) is 3.01. The summed E-state index contributed by atoms with van der Waals surface area (Å²) >= 11 is 6.20. The largest absolute Gasteiger partial charge is 0.368 e. The number of aryl methyl sites for hydroxylation is 1. The van der Waals surface area contributed by atoms with Gasteiger partial charge in [-0.3, -0.25) is 0 Å². The molecule has 2 rings (SSSR count). The van der Waals surface area contributed by atoms with Crippen molar-refractivity contribution in [3.63, 3.8) is 0 Å². The third-order valence-electron chi connectivity index (χ3n) is 3.15. The lowest BCUT2D eigenvalue weighted by atomic mass is 10.2. The second kappa shape index (κ2) is 6.58. The number of hydrogen-bond donors (Lipinski definition) is 2. The molecule has 0 aliphatic rings. The summed E-state index contributed by atoms with van der Waals surface area (Å²) in [6.07, 6.45) is 0. The Kier molecular flexibility index (Phi) is 4.80. The van der Waals surface area contributed by atoms with Crippen LogP contribution in [0.2, 0.25) is 5.02 Å². The standard InChI is InChI=1S/C14H19ClN6/c1-4-21(5-2)14-19-12(16)18-13(20-14)17-11-9(3)7-6-8-10(11)15/h6-8H,4-5H2,1-3H3,(H3,16,17,18,19,20). The van der Waals surface area contributed by atoms with E-state index in [-0.39, 0.29) is 5.95 Å². The van der Waals surface area contributed by atoms with Gasteiger partial charge in [0.05, 0.1) is 10.7 Å². The van der Waals surface area contributed by atoms with Gasteiger partial charge in [0.15, 0.2) is 0 Å². The van der Waals surface area contributed by atoms with Gasteiger partial charge in [-0.2, -0.15) is 15.0 Å². The highest BCUT2D eigenvalue weighted by Gasteiger charge is 2.11. The van der Waals surface area contributed by atoms with E-state index in [1.54, 1.807) is 0 Å². The van der Waals surface area contributed by atoms with E-state index in [0.717, 1.165) is 24.3 Å². The Balaban J connectivity index is 2.36. The molecule has 0 bridgehead atoms. The summed E-state index contributed by atoms with van der Waals surface area (Å²) < 4.78 is 0. The molecule has 21 heavy (non-hydrogen) atoms. The Hall–Kier alpha value is -2.08. The third kappa shape index (κ3) is 3.52. The average molecular weight is 307 g/mol. The number of para-hydroxylation sites is 1. The molecule has 0 radical (unpaired) electrons. The van der Waals surface area contributed by atoms with Gasteiger partial charge in [0.1, 0.15) is 0 Å². The number of nitrogens with zero attached hydrogens (tertiary/aromatic N) is 4. The van der Waals surface area contributed by atoms with Crippen LogP contribution in [0.25, 0.3) is 0 Å². The van der Waals surface area contributed by atoms with E-state index in [9.17, 15) is 0 Å². The van der Waals surface area contributed by atoms with Crippen molar-refractivity contribution in [1.29, 1.82) is 0 Å². The fraction of sp³-hybridized carbons (Fsp3) is 0.357. The number of hydrogen-bond acceptors (Lipinski definition) is 6. The van der Waals surface area contributed by atoms with Crippen LogP contribution in [0.15, 0.2) is 18.2 Å². The highest BCUT2D eigenvalue weighted by molar-refractivity contribution is 6.33. The number of nitrogen functional groups attached to an aromatic ring is 1. The lowest BCUT2D eigenvalue weighted by molar-refractivity contribution is 0.816. The number of nitrogens with one attached hydrogen (secondary N) is 1. The quantitative estimate of drug-likeness (QED) is 0.884. The van der Waals surface area contributed by atoms with E-state index in [1.807, 2.05) is 43.9 Å². The first-order valence-electron chi connectivity index (χ1n) is 6.83. The molecule has 2 aromatic rings. The smallest absolute Gasteiger partial charge is 0.233 e. The monoisotopic (exact) mass is 306 g/mol. The Morgan fingerprint density at radius 3 is 2.52 bits per heavy atom. The summed E-state index contributed by atoms with van der Waals surface area (Å²) in [5, 5.41) is 3.73. The summed E-state index contributed by atoms with van der Waals surface area (Å²) in [6.45, 7) is 7.63. The Morgan fingerprint density at radius 2 is 1.90 bits per heavy atom. The molecule has 0 saturated carbocycles. The molecule has 112 valence electrons. The molecule has 6 nitrogen and oxygen atoms in total. The van der Waals surface area contributed by atoms with E-state index in [0.29, 0.717) is 16.9 Å². The number of aromatic nitrogens is 3. The predicted molar refractivity (Wildman–Crippen MR) is 87.3 cm³/mol. The van der Waals surface area contributed by atoms with Crippen LogP contribution in [0.3, 0.4) is 0 Å². The van der Waals surface area contributed by atoms with Gasteiger partial charge in [0, 0.05) is 13.1 Å². The van der Waals surface area contributed by atoms with Crippen LogP contribution in [0.4, 0.5) is 23.5 Å². The summed E-state index contributed by atoms with van der Waals surface area (Å²) in [4.78, 5) is 14.7. The minimum absolute atomic E-state index is 0.180. The molecular formula is C14H19ClN6. The summed E-state index contributed by atoms with van der Waals surface area (Å²) in [5.41, 5.74) is 7.55. The summed E-state index contributed by atoms with van der Waals surface area (Å²) in [6, 6.07) is 5.67. The minimum Gasteiger partial charge on any atom is -0.368 e. The van der Waals surface area contributed by atoms with Crippen LogP contribution in [-0.2, 0) is 0 Å². The second-order valence-corrected chi connectivity index (χ2v) is 4.95. The van der Waals surface area contributed by atoms with E-state index in [1.165, 1.54) is 0 Å². The maximum atomic E-state index is 6.20. The Bertz CT molecular complexity index is 607. The van der Waals surface area contributed by atoms with E-state index < -0.39 is 0 Å². The lowest BCUT2D eigenvalue weighted by Crippen LogP contribution is -2.25. The molecule has 1 aromatic carbocycles. The summed E-state index contributed by atoms with van der Waals surface area (Å²) in [5.74, 6) is 1.12. The molecule has 0 spiro atoms. The first-order chi connectivity index (χ1) is 10.0. The van der Waals surface area contributed by atoms with Gasteiger partial charge in [-0.25, -0.2) is 0 Å². The topological polar surface area (TPSA) is 80.0 Å².